The first-order chi connectivity index (χ1) is 8.25. The van der Waals surface area contributed by atoms with E-state index >= 15 is 0 Å². The van der Waals surface area contributed by atoms with E-state index in [0.29, 0.717) is 6.08 Å². The molecule has 0 aliphatic carbocycles. The Morgan fingerprint density at radius 3 is 2.61 bits per heavy atom. The molecule has 1 amide bonds. The third-order valence-corrected chi connectivity index (χ3v) is 2.54. The molecular formula is C10H12F3NO3S. The molecule has 4 nitrogen and oxygen atoms in total. The lowest BCUT2D eigenvalue weighted by Crippen LogP contribution is -2.29. The maximum Gasteiger partial charge on any atom is 0.454 e. The van der Waals surface area contributed by atoms with Gasteiger partial charge in [-0.3, -0.25) is 14.5 Å². The van der Waals surface area contributed by atoms with Gasteiger partial charge in [-0.25, -0.2) is 0 Å². The van der Waals surface area contributed by atoms with E-state index in [4.69, 9.17) is 4.74 Å². The van der Waals surface area contributed by atoms with E-state index in [-0.39, 0.29) is 30.7 Å². The summed E-state index contributed by atoms with van der Waals surface area (Å²) < 4.78 is 41.3. The lowest BCUT2D eigenvalue weighted by Gasteiger charge is -2.19. The molecule has 1 aliphatic heterocycles. The zero-order valence-electron chi connectivity index (χ0n) is 9.53. The number of ether oxygens (including phenoxy) is 1. The van der Waals surface area contributed by atoms with Crippen molar-refractivity contribution < 1.29 is 27.5 Å². The van der Waals surface area contributed by atoms with Gasteiger partial charge in [-0.05, 0) is 6.92 Å². The fourth-order valence-electron chi connectivity index (χ4n) is 1.44. The number of carbonyl (C=O) groups excluding carboxylic acids is 2. The van der Waals surface area contributed by atoms with Gasteiger partial charge >= 0.3 is 6.18 Å². The summed E-state index contributed by atoms with van der Waals surface area (Å²) in [6.45, 7) is 1.72. The largest absolute Gasteiger partial charge is 0.479 e. The van der Waals surface area contributed by atoms with Crippen molar-refractivity contribution >= 4 is 24.3 Å². The molecule has 1 rings (SSSR count). The summed E-state index contributed by atoms with van der Waals surface area (Å²) in [4.78, 5) is 23.4. The standard InChI is InChI=1S/C10H12F3NO3S/c1-2-17-9(4-7(15)10(11,12)13)14-5-6(18)3-8(14)16/h4,6,18H,2-3,5H2,1H3. The van der Waals surface area contributed by atoms with E-state index < -0.39 is 17.9 Å². The van der Waals surface area contributed by atoms with E-state index in [0.717, 1.165) is 4.90 Å². The highest BCUT2D eigenvalue weighted by Gasteiger charge is 2.39. The third kappa shape index (κ3) is 3.66. The average molecular weight is 283 g/mol. The van der Waals surface area contributed by atoms with Crippen LogP contribution in [0.1, 0.15) is 13.3 Å². The van der Waals surface area contributed by atoms with Crippen LogP contribution < -0.4 is 0 Å². The number of amides is 1. The van der Waals surface area contributed by atoms with Crippen molar-refractivity contribution in [3.8, 4) is 0 Å². The van der Waals surface area contributed by atoms with Gasteiger partial charge in [-0.1, -0.05) is 0 Å². The molecule has 1 saturated heterocycles. The number of allylic oxidation sites excluding steroid dienone is 1. The molecule has 1 atom stereocenters. The van der Waals surface area contributed by atoms with Crippen LogP contribution in [0.2, 0.25) is 0 Å². The molecule has 8 heteroatoms. The Labute approximate surface area is 107 Å². The van der Waals surface area contributed by atoms with Crippen LogP contribution in [0.25, 0.3) is 0 Å². The molecule has 1 fully saturated rings. The van der Waals surface area contributed by atoms with Gasteiger partial charge in [0.15, 0.2) is 5.88 Å². The van der Waals surface area contributed by atoms with Crippen LogP contribution in [-0.2, 0) is 14.3 Å². The summed E-state index contributed by atoms with van der Waals surface area (Å²) in [7, 11) is 0. The van der Waals surface area contributed by atoms with Crippen molar-refractivity contribution in [3.05, 3.63) is 12.0 Å². The Morgan fingerprint density at radius 1 is 1.61 bits per heavy atom. The van der Waals surface area contributed by atoms with Crippen LogP contribution in [0.15, 0.2) is 12.0 Å². The molecule has 0 aromatic heterocycles. The maximum absolute atomic E-state index is 12.1. The van der Waals surface area contributed by atoms with Crippen molar-refractivity contribution in [2.75, 3.05) is 13.2 Å². The number of nitrogens with zero attached hydrogens (tertiary/aromatic N) is 1. The zero-order valence-corrected chi connectivity index (χ0v) is 10.4. The van der Waals surface area contributed by atoms with E-state index in [9.17, 15) is 22.8 Å². The quantitative estimate of drug-likeness (QED) is 0.483. The van der Waals surface area contributed by atoms with Gasteiger partial charge in [-0.15, -0.1) is 0 Å². The molecule has 1 aliphatic rings. The van der Waals surface area contributed by atoms with Crippen LogP contribution in [0.4, 0.5) is 13.2 Å². The second-order valence-electron chi connectivity index (χ2n) is 3.64. The second-order valence-corrected chi connectivity index (χ2v) is 4.37. The molecule has 1 unspecified atom stereocenters. The molecule has 0 bridgehead atoms. The van der Waals surface area contributed by atoms with Gasteiger partial charge in [0.05, 0.1) is 12.7 Å². The fourth-order valence-corrected chi connectivity index (χ4v) is 1.76. The lowest BCUT2D eigenvalue weighted by molar-refractivity contribution is -0.165. The van der Waals surface area contributed by atoms with Crippen molar-refractivity contribution in [3.63, 3.8) is 0 Å². The molecule has 0 N–H and O–H groups in total. The summed E-state index contributed by atoms with van der Waals surface area (Å²) in [5.74, 6) is -2.84. The van der Waals surface area contributed by atoms with Crippen molar-refractivity contribution in [1.82, 2.24) is 4.90 Å². The SMILES string of the molecule is CCOC(=CC(=O)C(F)(F)F)N1CC(S)CC1=O. The molecule has 1 heterocycles. The number of carbonyl (C=O) groups is 2. The number of hydrogen-bond acceptors (Lipinski definition) is 4. The molecule has 0 aromatic carbocycles. The predicted octanol–water partition coefficient (Wildman–Crippen LogP) is 1.53. The summed E-state index contributed by atoms with van der Waals surface area (Å²) in [5, 5.41) is -0.276. The van der Waals surface area contributed by atoms with E-state index in [2.05, 4.69) is 12.6 Å². The Hall–Kier alpha value is -1.18. The molecule has 0 radical (unpaired) electrons. The predicted molar refractivity (Wildman–Crippen MR) is 59.9 cm³/mol. The number of hydrogen-bond donors (Lipinski definition) is 1. The molecule has 0 spiro atoms. The van der Waals surface area contributed by atoms with Gasteiger partial charge in [0.2, 0.25) is 5.91 Å². The number of rotatable bonds is 4. The fraction of sp³-hybridized carbons (Fsp3) is 0.600. The number of alkyl halides is 3. The van der Waals surface area contributed by atoms with Gasteiger partial charge in [-0.2, -0.15) is 25.8 Å². The first-order valence-corrected chi connectivity index (χ1v) is 5.71. The molecule has 0 saturated carbocycles. The van der Waals surface area contributed by atoms with E-state index in [1.807, 2.05) is 0 Å². The van der Waals surface area contributed by atoms with Crippen molar-refractivity contribution in [1.29, 1.82) is 0 Å². The topological polar surface area (TPSA) is 46.6 Å². The normalized spacial score (nSPS) is 21.4. The van der Waals surface area contributed by atoms with Crippen molar-refractivity contribution in [2.45, 2.75) is 24.8 Å². The van der Waals surface area contributed by atoms with Gasteiger partial charge in [0.25, 0.3) is 5.78 Å². The summed E-state index contributed by atoms with van der Waals surface area (Å²) in [6.07, 6.45) is -4.58. The highest BCUT2D eigenvalue weighted by Crippen LogP contribution is 2.23. The lowest BCUT2D eigenvalue weighted by atomic mass is 10.3. The molecular weight excluding hydrogens is 271 g/mol. The van der Waals surface area contributed by atoms with E-state index in [1.54, 1.807) is 6.92 Å². The average Bonchev–Trinajstić information content (AvgIpc) is 2.55. The van der Waals surface area contributed by atoms with Crippen LogP contribution in [0, 0.1) is 0 Å². The van der Waals surface area contributed by atoms with Crippen LogP contribution >= 0.6 is 12.6 Å². The summed E-state index contributed by atoms with van der Waals surface area (Å²) in [5.41, 5.74) is 0. The number of ketones is 1. The smallest absolute Gasteiger partial charge is 0.454 e. The minimum atomic E-state index is -4.98. The highest BCUT2D eigenvalue weighted by molar-refractivity contribution is 7.81. The molecule has 102 valence electrons. The monoisotopic (exact) mass is 283 g/mol. The summed E-state index contributed by atoms with van der Waals surface area (Å²) in [6, 6.07) is 0. The van der Waals surface area contributed by atoms with Crippen molar-refractivity contribution in [2.24, 2.45) is 0 Å². The highest BCUT2D eigenvalue weighted by atomic mass is 32.1. The first kappa shape index (κ1) is 14.9. The minimum Gasteiger partial charge on any atom is -0.479 e. The van der Waals surface area contributed by atoms with Crippen LogP contribution in [0.3, 0.4) is 0 Å². The Balaban J connectivity index is 2.92. The van der Waals surface area contributed by atoms with Gasteiger partial charge < -0.3 is 4.74 Å². The summed E-state index contributed by atoms with van der Waals surface area (Å²) >= 11 is 4.07. The zero-order chi connectivity index (χ0) is 13.9. The number of thiol groups is 1. The minimum absolute atomic E-state index is 0.0536. The second kappa shape index (κ2) is 5.64. The molecule has 0 aromatic rings. The number of likely N-dealkylation sites (tertiary alicyclic amines) is 1. The Morgan fingerprint density at radius 2 is 2.22 bits per heavy atom. The maximum atomic E-state index is 12.1. The Bertz CT molecular complexity index is 381. The Kier molecular flexibility index (Phi) is 4.66. The van der Waals surface area contributed by atoms with E-state index in [1.165, 1.54) is 0 Å². The number of halogens is 3. The third-order valence-electron chi connectivity index (χ3n) is 2.20. The van der Waals surface area contributed by atoms with Gasteiger partial charge in [0, 0.05) is 18.2 Å². The van der Waals surface area contributed by atoms with Crippen LogP contribution in [-0.4, -0.2) is 41.2 Å². The van der Waals surface area contributed by atoms with Gasteiger partial charge in [0.1, 0.15) is 0 Å². The molecule has 18 heavy (non-hydrogen) atoms. The van der Waals surface area contributed by atoms with Crippen LogP contribution in [0.5, 0.6) is 0 Å². The first-order valence-electron chi connectivity index (χ1n) is 5.19.